The molecule has 2 aliphatic rings. The number of ether oxygens (including phenoxy) is 1. The van der Waals surface area contributed by atoms with Crippen LogP contribution in [-0.4, -0.2) is 99.3 Å². The molecule has 1 aromatic carbocycles. The standard InChI is InChI=1S/C33H50N6O5S3/c1-22-37-38-32(47-22)46-18-15-28(40)26(19-23-9-5-3-6-10-23)35-30(41)27(21-45-2)36-31(42)29(20-24-11-7-4-8-12-24)44-33(43)39-16-13-25(34)14-17-39/h4,7-8,11-12,23,25-29,40H,3,5-6,9-10,13-21,34H2,1-2H3,(H,35,41)(H,36,42)/t26-,27-,28-,29-/m0/s1. The van der Waals surface area contributed by atoms with E-state index in [-0.39, 0.29) is 18.4 Å². The number of hydrogen-bond acceptors (Lipinski definition) is 11. The molecular weight excluding hydrogens is 657 g/mol. The van der Waals surface area contributed by atoms with Crippen molar-refractivity contribution in [3.63, 3.8) is 0 Å². The van der Waals surface area contributed by atoms with Crippen LogP contribution in [0.4, 0.5) is 4.79 Å². The van der Waals surface area contributed by atoms with Crippen LogP contribution in [0.3, 0.4) is 0 Å². The lowest BCUT2D eigenvalue weighted by atomic mass is 9.83. The highest BCUT2D eigenvalue weighted by Crippen LogP contribution is 2.29. The van der Waals surface area contributed by atoms with Gasteiger partial charge in [0.1, 0.15) is 11.0 Å². The predicted octanol–water partition coefficient (Wildman–Crippen LogP) is 4.16. The monoisotopic (exact) mass is 706 g/mol. The molecule has 1 aliphatic carbocycles. The van der Waals surface area contributed by atoms with Gasteiger partial charge in [0, 0.05) is 37.1 Å². The van der Waals surface area contributed by atoms with Gasteiger partial charge in [0.25, 0.3) is 5.91 Å². The van der Waals surface area contributed by atoms with Crippen LogP contribution in [0.5, 0.6) is 0 Å². The lowest BCUT2D eigenvalue weighted by molar-refractivity contribution is -0.134. The van der Waals surface area contributed by atoms with E-state index >= 15 is 0 Å². The highest BCUT2D eigenvalue weighted by molar-refractivity contribution is 8.01. The summed E-state index contributed by atoms with van der Waals surface area (Å²) in [5.41, 5.74) is 6.85. The maximum absolute atomic E-state index is 13.8. The van der Waals surface area contributed by atoms with E-state index < -0.39 is 36.3 Å². The van der Waals surface area contributed by atoms with Gasteiger partial charge in [-0.25, -0.2) is 4.79 Å². The fourth-order valence-corrected chi connectivity index (χ4v) is 8.56. The molecule has 2 heterocycles. The quantitative estimate of drug-likeness (QED) is 0.187. The van der Waals surface area contributed by atoms with E-state index in [1.165, 1.54) is 29.5 Å². The van der Waals surface area contributed by atoms with Crippen LogP contribution in [0.2, 0.25) is 0 Å². The second kappa shape index (κ2) is 19.6. The lowest BCUT2D eigenvalue weighted by Crippen LogP contribution is -2.56. The van der Waals surface area contributed by atoms with Gasteiger partial charge in [-0.15, -0.1) is 10.2 Å². The molecule has 0 spiro atoms. The Morgan fingerprint density at radius 1 is 1.06 bits per heavy atom. The maximum atomic E-state index is 13.8. The number of carbonyl (C=O) groups excluding carboxylic acids is 3. The van der Waals surface area contributed by atoms with Gasteiger partial charge >= 0.3 is 6.09 Å². The first-order valence-electron chi connectivity index (χ1n) is 16.7. The Kier molecular flexibility index (Phi) is 15.6. The van der Waals surface area contributed by atoms with Gasteiger partial charge in [-0.3, -0.25) is 9.59 Å². The second-order valence-electron chi connectivity index (χ2n) is 12.5. The number of benzene rings is 1. The van der Waals surface area contributed by atoms with Gasteiger partial charge < -0.3 is 31.1 Å². The molecule has 4 rings (SSSR count). The van der Waals surface area contributed by atoms with E-state index in [4.69, 9.17) is 10.5 Å². The number of aryl methyl sites for hydroxylation is 1. The molecule has 5 N–H and O–H groups in total. The van der Waals surface area contributed by atoms with E-state index in [0.29, 0.717) is 56.2 Å². The summed E-state index contributed by atoms with van der Waals surface area (Å²) < 4.78 is 6.66. The number of amides is 3. The molecule has 4 atom stereocenters. The average Bonchev–Trinajstić information content (AvgIpc) is 3.49. The number of thioether (sulfide) groups is 2. The molecule has 1 saturated carbocycles. The zero-order valence-electron chi connectivity index (χ0n) is 27.5. The van der Waals surface area contributed by atoms with Crippen LogP contribution >= 0.6 is 34.9 Å². The summed E-state index contributed by atoms with van der Waals surface area (Å²) in [6.45, 7) is 2.86. The van der Waals surface area contributed by atoms with E-state index in [0.717, 1.165) is 40.6 Å². The summed E-state index contributed by atoms with van der Waals surface area (Å²) in [7, 11) is 0. The van der Waals surface area contributed by atoms with E-state index in [2.05, 4.69) is 20.8 Å². The van der Waals surface area contributed by atoms with Gasteiger partial charge in [-0.1, -0.05) is 85.5 Å². The average molecular weight is 707 g/mol. The molecule has 1 saturated heterocycles. The third-order valence-corrected chi connectivity index (χ3v) is 11.5. The molecule has 14 heteroatoms. The Morgan fingerprint density at radius 2 is 1.79 bits per heavy atom. The van der Waals surface area contributed by atoms with Crippen LogP contribution in [-0.2, 0) is 20.7 Å². The highest BCUT2D eigenvalue weighted by Gasteiger charge is 2.33. The number of nitrogens with zero attached hydrogens (tertiary/aromatic N) is 3. The van der Waals surface area contributed by atoms with Crippen molar-refractivity contribution >= 4 is 52.8 Å². The van der Waals surface area contributed by atoms with Crippen molar-refractivity contribution in [1.29, 1.82) is 0 Å². The molecule has 47 heavy (non-hydrogen) atoms. The Bertz CT molecular complexity index is 1260. The number of aliphatic hydroxyl groups is 1. The number of aliphatic hydroxyl groups excluding tert-OH is 1. The minimum Gasteiger partial charge on any atom is -0.436 e. The fourth-order valence-electron chi connectivity index (χ4n) is 6.09. The van der Waals surface area contributed by atoms with Crippen molar-refractivity contribution in [2.24, 2.45) is 11.7 Å². The maximum Gasteiger partial charge on any atom is 0.410 e. The number of rotatable bonds is 16. The van der Waals surface area contributed by atoms with Crippen molar-refractivity contribution in [2.45, 2.75) is 106 Å². The number of piperidine rings is 1. The summed E-state index contributed by atoms with van der Waals surface area (Å²) in [4.78, 5) is 42.2. The first-order chi connectivity index (χ1) is 22.7. The number of likely N-dealkylation sites (tertiary alicyclic amines) is 1. The van der Waals surface area contributed by atoms with Crippen LogP contribution in [0.25, 0.3) is 0 Å². The van der Waals surface area contributed by atoms with Gasteiger partial charge in [0.2, 0.25) is 5.91 Å². The van der Waals surface area contributed by atoms with Gasteiger partial charge in [0.05, 0.1) is 12.1 Å². The summed E-state index contributed by atoms with van der Waals surface area (Å²) in [5, 5.41) is 26.4. The Balaban J connectivity index is 1.42. The summed E-state index contributed by atoms with van der Waals surface area (Å²) in [6, 6.07) is 8.10. The zero-order chi connectivity index (χ0) is 33.6. The molecule has 0 radical (unpaired) electrons. The van der Waals surface area contributed by atoms with Crippen molar-refractivity contribution in [1.82, 2.24) is 25.7 Å². The topological polar surface area (TPSA) is 160 Å². The third-order valence-electron chi connectivity index (χ3n) is 8.81. The van der Waals surface area contributed by atoms with Crippen LogP contribution < -0.4 is 16.4 Å². The van der Waals surface area contributed by atoms with E-state index in [9.17, 15) is 19.5 Å². The Labute approximate surface area is 290 Å². The van der Waals surface area contributed by atoms with Gasteiger partial charge in [-0.2, -0.15) is 11.8 Å². The Hall–Kier alpha value is -2.39. The van der Waals surface area contributed by atoms with Gasteiger partial charge in [0.15, 0.2) is 10.4 Å². The molecule has 2 fully saturated rings. The number of nitrogens with one attached hydrogen (secondary N) is 2. The lowest BCUT2D eigenvalue weighted by Gasteiger charge is -2.32. The smallest absolute Gasteiger partial charge is 0.410 e. The first kappa shape index (κ1) is 37.4. The molecular formula is C33H50N6O5S3. The molecule has 0 unspecified atom stereocenters. The summed E-state index contributed by atoms with van der Waals surface area (Å²) >= 11 is 4.51. The second-order valence-corrected chi connectivity index (χ2v) is 16.0. The van der Waals surface area contributed by atoms with Crippen LogP contribution in [0.1, 0.15) is 68.4 Å². The largest absolute Gasteiger partial charge is 0.436 e. The van der Waals surface area contributed by atoms with E-state index in [1.807, 2.05) is 43.5 Å². The van der Waals surface area contributed by atoms with Gasteiger partial charge in [-0.05, 0) is 50.3 Å². The zero-order valence-corrected chi connectivity index (χ0v) is 29.9. The van der Waals surface area contributed by atoms with Crippen molar-refractivity contribution in [2.75, 3.05) is 30.9 Å². The summed E-state index contributed by atoms with van der Waals surface area (Å²) in [5.74, 6) is 0.516. The molecule has 260 valence electrons. The molecule has 3 amide bonds. The van der Waals surface area contributed by atoms with Crippen molar-refractivity contribution in [3.05, 3.63) is 40.9 Å². The number of aromatic nitrogens is 2. The highest BCUT2D eigenvalue weighted by atomic mass is 32.2. The SMILES string of the molecule is CSC[C@H](NC(=O)[C@H](Cc1ccccc1)OC(=O)N1CCC(N)CC1)C(=O)N[C@@H](CC1CCCCC1)[C@@H](O)CCSc1nnc(C)s1. The van der Waals surface area contributed by atoms with E-state index in [1.54, 1.807) is 16.7 Å². The summed E-state index contributed by atoms with van der Waals surface area (Å²) in [6.07, 6.45) is 7.83. The normalized spacial score (nSPS) is 18.6. The molecule has 1 aromatic heterocycles. The molecule has 1 aliphatic heterocycles. The minimum atomic E-state index is -1.12. The van der Waals surface area contributed by atoms with Crippen molar-refractivity contribution < 1.29 is 24.2 Å². The predicted molar refractivity (Wildman–Crippen MR) is 189 cm³/mol. The van der Waals surface area contributed by atoms with Crippen LogP contribution in [0, 0.1) is 12.8 Å². The Morgan fingerprint density at radius 3 is 2.45 bits per heavy atom. The van der Waals surface area contributed by atoms with Crippen LogP contribution in [0.15, 0.2) is 34.7 Å². The first-order valence-corrected chi connectivity index (χ1v) is 19.9. The number of carbonyl (C=O) groups is 3. The fraction of sp³-hybridized carbons (Fsp3) is 0.667. The molecule has 2 aromatic rings. The number of hydrogen-bond donors (Lipinski definition) is 4. The minimum absolute atomic E-state index is 0.0482. The molecule has 11 nitrogen and oxygen atoms in total. The molecule has 0 bridgehead atoms. The van der Waals surface area contributed by atoms with Crippen molar-refractivity contribution in [3.8, 4) is 0 Å². The third kappa shape index (κ3) is 12.5. The number of nitrogens with two attached hydrogens (primary N) is 1.